The minimum absolute atomic E-state index is 0.0351. The zero-order chi connectivity index (χ0) is 19.4. The second-order valence-electron chi connectivity index (χ2n) is 6.44. The van der Waals surface area contributed by atoms with E-state index in [1.165, 1.54) is 11.3 Å². The van der Waals surface area contributed by atoms with Crippen molar-refractivity contribution in [2.75, 3.05) is 5.73 Å². The number of rotatable bonds is 6. The van der Waals surface area contributed by atoms with Gasteiger partial charge < -0.3 is 10.6 Å². The SMILES string of the molecule is CC(C)N(Cc1ccccc1)C(=O)c1ccc(C(=O)c2cccnc2N)s1. The highest BCUT2D eigenvalue weighted by Crippen LogP contribution is 2.24. The molecule has 6 heteroatoms. The number of nitrogen functional groups attached to an aromatic ring is 1. The van der Waals surface area contributed by atoms with E-state index < -0.39 is 0 Å². The van der Waals surface area contributed by atoms with Gasteiger partial charge in [-0.3, -0.25) is 9.59 Å². The van der Waals surface area contributed by atoms with Crippen LogP contribution < -0.4 is 5.73 Å². The Morgan fingerprint density at radius 1 is 1.04 bits per heavy atom. The molecule has 1 aromatic carbocycles. The van der Waals surface area contributed by atoms with Crippen LogP contribution >= 0.6 is 11.3 Å². The molecule has 0 bridgehead atoms. The van der Waals surface area contributed by atoms with Crippen molar-refractivity contribution < 1.29 is 9.59 Å². The lowest BCUT2D eigenvalue weighted by molar-refractivity contribution is 0.0695. The normalized spacial score (nSPS) is 10.8. The van der Waals surface area contributed by atoms with Crippen molar-refractivity contribution in [3.63, 3.8) is 0 Å². The summed E-state index contributed by atoms with van der Waals surface area (Å²) in [6.45, 7) is 4.49. The number of hydrogen-bond donors (Lipinski definition) is 1. The number of amides is 1. The zero-order valence-electron chi connectivity index (χ0n) is 15.3. The fourth-order valence-corrected chi connectivity index (χ4v) is 3.64. The largest absolute Gasteiger partial charge is 0.383 e. The third-order valence-corrected chi connectivity index (χ3v) is 5.28. The van der Waals surface area contributed by atoms with Crippen molar-refractivity contribution in [2.24, 2.45) is 0 Å². The van der Waals surface area contributed by atoms with Crippen LogP contribution in [0.4, 0.5) is 5.82 Å². The summed E-state index contributed by atoms with van der Waals surface area (Å²) in [7, 11) is 0. The number of aromatic nitrogens is 1. The third kappa shape index (κ3) is 4.23. The molecule has 2 heterocycles. The van der Waals surface area contributed by atoms with Gasteiger partial charge in [0.15, 0.2) is 0 Å². The van der Waals surface area contributed by atoms with Crippen molar-refractivity contribution in [3.8, 4) is 0 Å². The summed E-state index contributed by atoms with van der Waals surface area (Å²) in [5.41, 5.74) is 7.21. The van der Waals surface area contributed by atoms with E-state index in [1.807, 2.05) is 44.2 Å². The van der Waals surface area contributed by atoms with Gasteiger partial charge in [-0.2, -0.15) is 0 Å². The van der Waals surface area contributed by atoms with Crippen LogP contribution in [-0.2, 0) is 6.54 Å². The van der Waals surface area contributed by atoms with Gasteiger partial charge >= 0.3 is 0 Å². The van der Waals surface area contributed by atoms with Crippen molar-refractivity contribution >= 4 is 28.8 Å². The maximum atomic E-state index is 13.0. The number of nitrogens with zero attached hydrogens (tertiary/aromatic N) is 2. The van der Waals surface area contributed by atoms with Gasteiger partial charge in [0.2, 0.25) is 5.78 Å². The first-order valence-electron chi connectivity index (χ1n) is 8.67. The number of nitrogens with two attached hydrogens (primary N) is 1. The molecule has 3 aromatic rings. The Morgan fingerprint density at radius 2 is 1.74 bits per heavy atom. The van der Waals surface area contributed by atoms with Crippen LogP contribution in [0.5, 0.6) is 0 Å². The quantitative estimate of drug-likeness (QED) is 0.657. The molecule has 1 amide bonds. The molecule has 0 fully saturated rings. The summed E-state index contributed by atoms with van der Waals surface area (Å²) in [6.07, 6.45) is 1.54. The van der Waals surface area contributed by atoms with E-state index in [0.29, 0.717) is 21.9 Å². The lowest BCUT2D eigenvalue weighted by Gasteiger charge is -2.26. The van der Waals surface area contributed by atoms with Gasteiger partial charge in [-0.1, -0.05) is 30.3 Å². The van der Waals surface area contributed by atoms with Crippen molar-refractivity contribution in [2.45, 2.75) is 26.4 Å². The number of thiophene rings is 1. The molecule has 0 saturated carbocycles. The van der Waals surface area contributed by atoms with Crippen molar-refractivity contribution in [3.05, 3.63) is 81.7 Å². The van der Waals surface area contributed by atoms with Crippen LogP contribution in [0, 0.1) is 0 Å². The molecule has 0 aliphatic carbocycles. The Morgan fingerprint density at radius 3 is 2.41 bits per heavy atom. The van der Waals surface area contributed by atoms with Crippen molar-refractivity contribution in [1.29, 1.82) is 0 Å². The summed E-state index contributed by atoms with van der Waals surface area (Å²) in [4.78, 5) is 32.4. The monoisotopic (exact) mass is 379 g/mol. The van der Waals surface area contributed by atoms with E-state index in [1.54, 1.807) is 35.4 Å². The fraction of sp³-hybridized carbons (Fsp3) is 0.190. The minimum Gasteiger partial charge on any atom is -0.383 e. The standard InChI is InChI=1S/C21H21N3O2S/c1-14(2)24(13-15-7-4-3-5-8-15)21(26)18-11-10-17(27-18)19(25)16-9-6-12-23-20(16)22/h3-12,14H,13H2,1-2H3,(H2,22,23). The third-order valence-electron chi connectivity index (χ3n) is 4.20. The Hall–Kier alpha value is -2.99. The van der Waals surface area contributed by atoms with E-state index >= 15 is 0 Å². The molecule has 138 valence electrons. The molecule has 0 radical (unpaired) electrons. The van der Waals surface area contributed by atoms with Crippen LogP contribution in [0.15, 0.2) is 60.8 Å². The van der Waals surface area contributed by atoms with Gasteiger partial charge in [0.25, 0.3) is 5.91 Å². The van der Waals surface area contributed by atoms with Crippen LogP contribution in [-0.4, -0.2) is 27.6 Å². The number of carbonyl (C=O) groups is 2. The number of benzene rings is 1. The number of pyridine rings is 1. The molecule has 0 spiro atoms. The highest BCUT2D eigenvalue weighted by Gasteiger charge is 2.23. The number of ketones is 1. The maximum Gasteiger partial charge on any atom is 0.264 e. The molecular weight excluding hydrogens is 358 g/mol. The Labute approximate surface area is 162 Å². The van der Waals surface area contributed by atoms with Gasteiger partial charge in [0.1, 0.15) is 5.82 Å². The van der Waals surface area contributed by atoms with Gasteiger partial charge in [-0.15, -0.1) is 11.3 Å². The van der Waals surface area contributed by atoms with Crippen LogP contribution in [0.2, 0.25) is 0 Å². The minimum atomic E-state index is -0.219. The molecule has 2 aromatic heterocycles. The average molecular weight is 379 g/mol. The maximum absolute atomic E-state index is 13.0. The lowest BCUT2D eigenvalue weighted by Crippen LogP contribution is -2.35. The molecule has 0 aliphatic rings. The van der Waals surface area contributed by atoms with E-state index in [9.17, 15) is 9.59 Å². The Bertz CT molecular complexity index is 951. The fourth-order valence-electron chi connectivity index (χ4n) is 2.73. The summed E-state index contributed by atoms with van der Waals surface area (Å²) >= 11 is 1.18. The molecule has 0 aliphatic heterocycles. The number of anilines is 1. The first-order chi connectivity index (χ1) is 13.0. The first kappa shape index (κ1) is 18.8. The van der Waals surface area contributed by atoms with E-state index in [-0.39, 0.29) is 23.6 Å². The van der Waals surface area contributed by atoms with E-state index in [0.717, 1.165) is 5.56 Å². The molecular formula is C21H21N3O2S. The van der Waals surface area contributed by atoms with Gasteiger partial charge in [-0.25, -0.2) is 4.98 Å². The molecule has 3 rings (SSSR count). The number of carbonyl (C=O) groups excluding carboxylic acids is 2. The molecule has 2 N–H and O–H groups in total. The highest BCUT2D eigenvalue weighted by atomic mass is 32.1. The summed E-state index contributed by atoms with van der Waals surface area (Å²) in [5, 5.41) is 0. The van der Waals surface area contributed by atoms with Crippen molar-refractivity contribution in [1.82, 2.24) is 9.88 Å². The Balaban J connectivity index is 1.82. The topological polar surface area (TPSA) is 76.3 Å². The van der Waals surface area contributed by atoms with Crippen LogP contribution in [0.3, 0.4) is 0 Å². The summed E-state index contributed by atoms with van der Waals surface area (Å²) < 4.78 is 0. The van der Waals surface area contributed by atoms with Gasteiger partial charge in [-0.05, 0) is 43.7 Å². The van der Waals surface area contributed by atoms with Gasteiger partial charge in [0, 0.05) is 18.8 Å². The van der Waals surface area contributed by atoms with E-state index in [4.69, 9.17) is 5.73 Å². The number of hydrogen-bond acceptors (Lipinski definition) is 5. The summed E-state index contributed by atoms with van der Waals surface area (Å²) in [5.74, 6) is -0.113. The highest BCUT2D eigenvalue weighted by molar-refractivity contribution is 7.16. The van der Waals surface area contributed by atoms with Crippen LogP contribution in [0.25, 0.3) is 0 Å². The van der Waals surface area contributed by atoms with Gasteiger partial charge in [0.05, 0.1) is 15.3 Å². The zero-order valence-corrected chi connectivity index (χ0v) is 16.1. The average Bonchev–Trinajstić information content (AvgIpc) is 3.16. The molecule has 0 atom stereocenters. The summed E-state index contributed by atoms with van der Waals surface area (Å²) in [6, 6.07) is 16.6. The van der Waals surface area contributed by atoms with E-state index in [2.05, 4.69) is 4.98 Å². The van der Waals surface area contributed by atoms with Crippen LogP contribution in [0.1, 0.15) is 44.3 Å². The second-order valence-corrected chi connectivity index (χ2v) is 7.53. The Kier molecular flexibility index (Phi) is 5.66. The first-order valence-corrected chi connectivity index (χ1v) is 9.49. The lowest BCUT2D eigenvalue weighted by atomic mass is 10.1. The smallest absolute Gasteiger partial charge is 0.264 e. The molecule has 5 nitrogen and oxygen atoms in total. The predicted molar refractivity (Wildman–Crippen MR) is 108 cm³/mol. The predicted octanol–water partition coefficient (Wildman–Crippen LogP) is 4.01. The molecule has 0 saturated heterocycles. The molecule has 27 heavy (non-hydrogen) atoms. The second kappa shape index (κ2) is 8.14. The molecule has 0 unspecified atom stereocenters.